The third-order valence-corrected chi connectivity index (χ3v) is 5.33. The van der Waals surface area contributed by atoms with Gasteiger partial charge in [-0.05, 0) is 43.2 Å². The molecule has 0 aliphatic carbocycles. The number of anilines is 1. The van der Waals surface area contributed by atoms with Crippen molar-refractivity contribution < 1.29 is 15.0 Å². The zero-order valence-electron chi connectivity index (χ0n) is 16.9. The Kier molecular flexibility index (Phi) is 7.92. The third kappa shape index (κ3) is 5.98. The number of carbonyl (C=O) groups is 1. The Morgan fingerprint density at radius 2 is 2.03 bits per heavy atom. The number of halogens is 2. The van der Waals surface area contributed by atoms with Gasteiger partial charge in [0.25, 0.3) is 5.91 Å². The lowest BCUT2D eigenvalue weighted by molar-refractivity contribution is 0.0911. The first-order chi connectivity index (χ1) is 14.9. The average Bonchev–Trinajstić information content (AvgIpc) is 3.23. The highest BCUT2D eigenvalue weighted by atomic mass is 35.5. The zero-order chi connectivity index (χ0) is 22.4. The van der Waals surface area contributed by atoms with Crippen molar-refractivity contribution in [2.75, 3.05) is 18.5 Å². The number of hydrogen-bond donors (Lipinski definition) is 5. The summed E-state index contributed by atoms with van der Waals surface area (Å²) in [6, 6.07) is 9.91. The highest BCUT2D eigenvalue weighted by Gasteiger charge is 2.18. The molecule has 0 saturated heterocycles. The number of carbonyl (C=O) groups excluding carboxylic acids is 1. The summed E-state index contributed by atoms with van der Waals surface area (Å²) >= 11 is 12.3. The average molecular weight is 463 g/mol. The maximum atomic E-state index is 12.7. The second kappa shape index (κ2) is 10.6. The van der Waals surface area contributed by atoms with Crippen LogP contribution in [0.2, 0.25) is 10.0 Å². The number of aromatic amines is 1. The molecule has 0 fully saturated rings. The molecule has 1 amide bonds. The summed E-state index contributed by atoms with van der Waals surface area (Å²) < 4.78 is 0. The van der Waals surface area contributed by atoms with E-state index in [1.807, 2.05) is 6.92 Å². The minimum Gasteiger partial charge on any atom is -0.396 e. The second-order valence-corrected chi connectivity index (χ2v) is 8.02. The summed E-state index contributed by atoms with van der Waals surface area (Å²) in [5.41, 5.74) is 2.46. The quantitative estimate of drug-likeness (QED) is 0.329. The van der Waals surface area contributed by atoms with Crippen LogP contribution in [-0.4, -0.2) is 45.3 Å². The van der Waals surface area contributed by atoms with Crippen molar-refractivity contribution in [3.63, 3.8) is 0 Å². The van der Waals surface area contributed by atoms with Crippen LogP contribution in [0.25, 0.3) is 11.1 Å². The van der Waals surface area contributed by atoms with Gasteiger partial charge in [0.2, 0.25) is 0 Å². The van der Waals surface area contributed by atoms with Gasteiger partial charge in [0, 0.05) is 41.2 Å². The van der Waals surface area contributed by atoms with Gasteiger partial charge in [-0.25, -0.2) is 4.98 Å². The number of benzene rings is 1. The molecule has 164 valence electrons. The number of aromatic nitrogens is 2. The Morgan fingerprint density at radius 1 is 1.23 bits per heavy atom. The monoisotopic (exact) mass is 462 g/mol. The van der Waals surface area contributed by atoms with Crippen molar-refractivity contribution in [1.82, 2.24) is 15.3 Å². The van der Waals surface area contributed by atoms with E-state index in [1.165, 1.54) is 0 Å². The Bertz CT molecular complexity index is 1040. The summed E-state index contributed by atoms with van der Waals surface area (Å²) in [6.07, 6.45) is 3.82. The van der Waals surface area contributed by atoms with Gasteiger partial charge in [-0.15, -0.1) is 0 Å². The Hall–Kier alpha value is -2.58. The van der Waals surface area contributed by atoms with E-state index in [-0.39, 0.29) is 25.2 Å². The van der Waals surface area contributed by atoms with E-state index in [0.29, 0.717) is 39.1 Å². The zero-order valence-corrected chi connectivity index (χ0v) is 18.4. The lowest BCUT2D eigenvalue weighted by Crippen LogP contribution is -2.31. The molecular formula is C22H24Cl2N4O3. The standard InChI is InChI=1S/C22H24Cl2N4O3/c1-13(5-6-29)27-21-9-17(18(24)11-26-21)15-8-19(25-10-15)22(31)28-20(12-30)14-3-2-4-16(23)7-14/h2-4,7-11,13,20,25,29-30H,5-6,12H2,1H3,(H,26,27)(H,28,31)/t13-,20+/m0/s1. The van der Waals surface area contributed by atoms with E-state index in [2.05, 4.69) is 20.6 Å². The largest absolute Gasteiger partial charge is 0.396 e. The summed E-state index contributed by atoms with van der Waals surface area (Å²) in [5.74, 6) is 0.249. The molecular weight excluding hydrogens is 439 g/mol. The number of aliphatic hydroxyl groups is 2. The van der Waals surface area contributed by atoms with Crippen LogP contribution in [0.4, 0.5) is 5.82 Å². The van der Waals surface area contributed by atoms with Gasteiger partial charge in [-0.3, -0.25) is 4.79 Å². The van der Waals surface area contributed by atoms with Crippen molar-refractivity contribution in [2.24, 2.45) is 0 Å². The lowest BCUT2D eigenvalue weighted by atomic mass is 10.1. The first-order valence-electron chi connectivity index (χ1n) is 9.80. The normalized spacial score (nSPS) is 12.9. The van der Waals surface area contributed by atoms with Gasteiger partial charge in [0.15, 0.2) is 0 Å². The first-order valence-corrected chi connectivity index (χ1v) is 10.6. The molecule has 1 aromatic carbocycles. The number of H-pyrrole nitrogens is 1. The molecule has 0 aliphatic heterocycles. The predicted octanol–water partition coefficient (Wildman–Crippen LogP) is 4.03. The lowest BCUT2D eigenvalue weighted by Gasteiger charge is -2.16. The fourth-order valence-corrected chi connectivity index (χ4v) is 3.54. The minimum atomic E-state index is -0.591. The second-order valence-electron chi connectivity index (χ2n) is 7.17. The summed E-state index contributed by atoms with van der Waals surface area (Å²) in [7, 11) is 0. The van der Waals surface area contributed by atoms with Crippen molar-refractivity contribution in [1.29, 1.82) is 0 Å². The number of nitrogens with one attached hydrogen (secondary N) is 3. The van der Waals surface area contributed by atoms with E-state index in [4.69, 9.17) is 28.3 Å². The molecule has 3 aromatic rings. The van der Waals surface area contributed by atoms with E-state index in [1.54, 1.807) is 48.8 Å². The molecule has 0 spiro atoms. The molecule has 31 heavy (non-hydrogen) atoms. The van der Waals surface area contributed by atoms with Crippen LogP contribution in [0.15, 0.2) is 48.8 Å². The molecule has 0 unspecified atom stereocenters. The van der Waals surface area contributed by atoms with Crippen LogP contribution in [0.1, 0.15) is 35.4 Å². The smallest absolute Gasteiger partial charge is 0.268 e. The van der Waals surface area contributed by atoms with Crippen LogP contribution in [0, 0.1) is 0 Å². The molecule has 0 saturated carbocycles. The van der Waals surface area contributed by atoms with E-state index in [9.17, 15) is 9.90 Å². The molecule has 2 aromatic heterocycles. The van der Waals surface area contributed by atoms with Gasteiger partial charge in [0.1, 0.15) is 11.5 Å². The number of pyridine rings is 1. The van der Waals surface area contributed by atoms with Crippen LogP contribution in [0.3, 0.4) is 0 Å². The number of rotatable bonds is 9. The van der Waals surface area contributed by atoms with Crippen LogP contribution in [0.5, 0.6) is 0 Å². The summed E-state index contributed by atoms with van der Waals surface area (Å²) in [4.78, 5) is 19.9. The first kappa shape index (κ1) is 23.1. The maximum Gasteiger partial charge on any atom is 0.268 e. The number of amides is 1. The molecule has 2 atom stereocenters. The van der Waals surface area contributed by atoms with Gasteiger partial charge in [-0.2, -0.15) is 0 Å². The molecule has 0 aliphatic rings. The van der Waals surface area contributed by atoms with E-state index >= 15 is 0 Å². The Balaban J connectivity index is 1.77. The Morgan fingerprint density at radius 3 is 2.74 bits per heavy atom. The van der Waals surface area contributed by atoms with Gasteiger partial charge >= 0.3 is 0 Å². The highest BCUT2D eigenvalue weighted by molar-refractivity contribution is 6.33. The minimum absolute atomic E-state index is 0.0426. The van der Waals surface area contributed by atoms with Crippen molar-refractivity contribution in [3.05, 3.63) is 70.1 Å². The highest BCUT2D eigenvalue weighted by Crippen LogP contribution is 2.30. The predicted molar refractivity (Wildman–Crippen MR) is 123 cm³/mol. The molecule has 0 bridgehead atoms. The van der Waals surface area contributed by atoms with Crippen molar-refractivity contribution in [2.45, 2.75) is 25.4 Å². The van der Waals surface area contributed by atoms with Crippen molar-refractivity contribution >= 4 is 34.9 Å². The van der Waals surface area contributed by atoms with Crippen LogP contribution < -0.4 is 10.6 Å². The van der Waals surface area contributed by atoms with Gasteiger partial charge in [0.05, 0.1) is 17.7 Å². The van der Waals surface area contributed by atoms with Crippen LogP contribution in [-0.2, 0) is 0 Å². The van der Waals surface area contributed by atoms with Gasteiger partial charge < -0.3 is 25.8 Å². The molecule has 5 N–H and O–H groups in total. The number of hydrogen-bond acceptors (Lipinski definition) is 5. The third-order valence-electron chi connectivity index (χ3n) is 4.79. The fourth-order valence-electron chi connectivity index (χ4n) is 3.13. The van der Waals surface area contributed by atoms with Crippen LogP contribution >= 0.6 is 23.2 Å². The number of nitrogens with zero attached hydrogens (tertiary/aromatic N) is 1. The maximum absolute atomic E-state index is 12.7. The molecule has 2 heterocycles. The fraction of sp³-hybridized carbons (Fsp3) is 0.273. The SMILES string of the molecule is C[C@@H](CCO)Nc1cc(-c2c[nH]c(C(=O)N[C@H](CO)c3cccc(Cl)c3)c2)c(Cl)cn1. The molecule has 0 radical (unpaired) electrons. The summed E-state index contributed by atoms with van der Waals surface area (Å²) in [5, 5.41) is 25.8. The Labute approximate surface area is 190 Å². The van der Waals surface area contributed by atoms with Crippen molar-refractivity contribution in [3.8, 4) is 11.1 Å². The molecule has 3 rings (SSSR count). The topological polar surface area (TPSA) is 110 Å². The number of aliphatic hydroxyl groups excluding tert-OH is 2. The molecule has 9 heteroatoms. The van der Waals surface area contributed by atoms with E-state index in [0.717, 1.165) is 5.56 Å². The summed E-state index contributed by atoms with van der Waals surface area (Å²) in [6.45, 7) is 1.76. The van der Waals surface area contributed by atoms with E-state index < -0.39 is 6.04 Å². The molecule has 7 nitrogen and oxygen atoms in total. The van der Waals surface area contributed by atoms with Gasteiger partial charge in [-0.1, -0.05) is 35.3 Å².